The smallest absolute Gasteiger partial charge is 0.337 e. The fraction of sp³-hybridized carbons (Fsp3) is 0.160. The molecule has 0 bridgehead atoms. The topological polar surface area (TPSA) is 91.2 Å². The van der Waals surface area contributed by atoms with Gasteiger partial charge in [0.15, 0.2) is 0 Å². The maximum Gasteiger partial charge on any atom is 0.337 e. The molecule has 3 rings (SSSR count). The van der Waals surface area contributed by atoms with E-state index in [0.29, 0.717) is 16.4 Å². The lowest BCUT2D eigenvalue weighted by Gasteiger charge is -2.29. The summed E-state index contributed by atoms with van der Waals surface area (Å²) in [4.78, 5) is 25.3. The molecule has 0 radical (unpaired) electrons. The number of allylic oxidation sites excluding steroid dienone is 2. The Morgan fingerprint density at radius 2 is 2.00 bits per heavy atom. The van der Waals surface area contributed by atoms with E-state index < -0.39 is 17.7 Å². The molecule has 0 saturated heterocycles. The lowest BCUT2D eigenvalue weighted by atomic mass is 9.82. The molecule has 1 atom stereocenters. The first-order valence-electron chi connectivity index (χ1n) is 10.2. The number of dihydropyridines is 1. The van der Waals surface area contributed by atoms with Crippen LogP contribution in [-0.2, 0) is 14.3 Å². The number of anilines is 1. The number of nitriles is 1. The molecule has 1 aliphatic heterocycles. The molecule has 0 aromatic heterocycles. The van der Waals surface area contributed by atoms with Crippen molar-refractivity contribution in [2.75, 3.05) is 17.7 Å². The van der Waals surface area contributed by atoms with Gasteiger partial charge in [0.05, 0.1) is 33.9 Å². The quantitative estimate of drug-likeness (QED) is 0.344. The van der Waals surface area contributed by atoms with E-state index in [9.17, 15) is 19.2 Å². The lowest BCUT2D eigenvalue weighted by molar-refractivity contribution is -0.138. The summed E-state index contributed by atoms with van der Waals surface area (Å²) in [5.41, 5.74) is 1.47. The predicted octanol–water partition coefficient (Wildman–Crippen LogP) is 5.39. The molecular weight excluding hydrogens is 521 g/mol. The van der Waals surface area contributed by atoms with E-state index in [1.165, 1.54) is 24.3 Å². The van der Waals surface area contributed by atoms with Crippen molar-refractivity contribution >= 4 is 45.3 Å². The number of carbonyl (C=O) groups is 2. The summed E-state index contributed by atoms with van der Waals surface area (Å²) < 4.78 is 20.9. The van der Waals surface area contributed by atoms with Crippen LogP contribution < -0.4 is 10.6 Å². The Kier molecular flexibility index (Phi) is 8.68. The van der Waals surface area contributed by atoms with Crippen molar-refractivity contribution in [3.8, 4) is 6.07 Å². The van der Waals surface area contributed by atoms with Crippen molar-refractivity contribution in [1.29, 1.82) is 5.26 Å². The van der Waals surface area contributed by atoms with Crippen LogP contribution >= 0.6 is 27.7 Å². The Balaban J connectivity index is 1.91. The number of amides is 1. The second-order valence-electron chi connectivity index (χ2n) is 7.20. The van der Waals surface area contributed by atoms with E-state index in [4.69, 9.17) is 4.74 Å². The van der Waals surface area contributed by atoms with Gasteiger partial charge in [-0.05, 0) is 37.3 Å². The third kappa shape index (κ3) is 5.95. The van der Waals surface area contributed by atoms with Crippen molar-refractivity contribution in [3.05, 3.63) is 98.9 Å². The standard InChI is InChI=1S/C25H21BrFN3O3S/c1-3-12-33-25(32)22-15(2)29-24(19(13-28)23(22)18-6-4-5-7-20(18)27)34-14-21(31)30-17-10-8-16(26)9-11-17/h3-11,23,29H,1,12,14H2,2H3,(H,30,31). The highest BCUT2D eigenvalue weighted by Gasteiger charge is 2.37. The average molecular weight is 542 g/mol. The Morgan fingerprint density at radius 3 is 2.65 bits per heavy atom. The van der Waals surface area contributed by atoms with E-state index in [1.807, 2.05) is 12.1 Å². The molecule has 1 heterocycles. The van der Waals surface area contributed by atoms with E-state index in [-0.39, 0.29) is 35.0 Å². The fourth-order valence-corrected chi connectivity index (χ4v) is 4.55. The van der Waals surface area contributed by atoms with Crippen LogP contribution in [0.15, 0.2) is 87.5 Å². The van der Waals surface area contributed by atoms with Crippen LogP contribution in [0.4, 0.5) is 10.1 Å². The minimum absolute atomic E-state index is 0.00288. The van der Waals surface area contributed by atoms with Crippen LogP contribution in [-0.4, -0.2) is 24.2 Å². The number of benzene rings is 2. The number of nitrogens with one attached hydrogen (secondary N) is 2. The maximum absolute atomic E-state index is 14.8. The first kappa shape index (κ1) is 25.3. The van der Waals surface area contributed by atoms with Crippen LogP contribution in [0, 0.1) is 17.1 Å². The summed E-state index contributed by atoms with van der Waals surface area (Å²) in [5, 5.41) is 16.2. The normalized spacial score (nSPS) is 15.3. The van der Waals surface area contributed by atoms with Crippen molar-refractivity contribution < 1.29 is 18.7 Å². The van der Waals surface area contributed by atoms with Gasteiger partial charge in [-0.15, -0.1) is 0 Å². The summed E-state index contributed by atoms with van der Waals surface area (Å²) in [6, 6.07) is 15.2. The van der Waals surface area contributed by atoms with E-state index in [1.54, 1.807) is 25.1 Å². The SMILES string of the molecule is C=CCOC(=O)C1=C(C)NC(SCC(=O)Nc2ccc(Br)cc2)=C(C#N)C1c1ccccc1F. The van der Waals surface area contributed by atoms with Crippen molar-refractivity contribution in [1.82, 2.24) is 5.32 Å². The van der Waals surface area contributed by atoms with Gasteiger partial charge in [-0.3, -0.25) is 4.79 Å². The van der Waals surface area contributed by atoms with Crippen molar-refractivity contribution in [3.63, 3.8) is 0 Å². The minimum Gasteiger partial charge on any atom is -0.458 e. The molecule has 1 amide bonds. The molecule has 1 aliphatic rings. The van der Waals surface area contributed by atoms with Gasteiger partial charge in [0.1, 0.15) is 12.4 Å². The summed E-state index contributed by atoms with van der Waals surface area (Å²) in [6.07, 6.45) is 1.43. The van der Waals surface area contributed by atoms with Crippen LogP contribution in [0.1, 0.15) is 18.4 Å². The zero-order chi connectivity index (χ0) is 24.7. The number of carbonyl (C=O) groups excluding carboxylic acids is 2. The zero-order valence-corrected chi connectivity index (χ0v) is 20.6. The fourth-order valence-electron chi connectivity index (χ4n) is 3.40. The molecule has 2 aromatic rings. The van der Waals surface area contributed by atoms with Gasteiger partial charge in [0.25, 0.3) is 0 Å². The molecule has 2 aromatic carbocycles. The van der Waals surface area contributed by atoms with Crippen LogP contribution in [0.3, 0.4) is 0 Å². The van der Waals surface area contributed by atoms with Gasteiger partial charge in [-0.25, -0.2) is 9.18 Å². The van der Waals surface area contributed by atoms with Crippen LogP contribution in [0.2, 0.25) is 0 Å². The molecule has 6 nitrogen and oxygen atoms in total. The third-order valence-corrected chi connectivity index (χ3v) is 6.44. The molecule has 0 saturated carbocycles. The minimum atomic E-state index is -0.984. The van der Waals surface area contributed by atoms with E-state index in [2.05, 4.69) is 39.2 Å². The second-order valence-corrected chi connectivity index (χ2v) is 9.10. The first-order valence-corrected chi connectivity index (χ1v) is 12.0. The molecule has 1 unspecified atom stereocenters. The van der Waals surface area contributed by atoms with Crippen LogP contribution in [0.5, 0.6) is 0 Å². The van der Waals surface area contributed by atoms with Gasteiger partial charge >= 0.3 is 5.97 Å². The Bertz CT molecular complexity index is 1220. The Labute approximate surface area is 209 Å². The Morgan fingerprint density at radius 1 is 1.29 bits per heavy atom. The average Bonchev–Trinajstić information content (AvgIpc) is 2.82. The molecule has 34 heavy (non-hydrogen) atoms. The molecule has 174 valence electrons. The first-order chi connectivity index (χ1) is 16.3. The summed E-state index contributed by atoms with van der Waals surface area (Å²) in [6.45, 7) is 5.16. The third-order valence-electron chi connectivity index (χ3n) is 4.89. The highest BCUT2D eigenvalue weighted by atomic mass is 79.9. The molecule has 0 fully saturated rings. The molecular formula is C25H21BrFN3O3S. The summed E-state index contributed by atoms with van der Waals surface area (Å²) in [5.74, 6) is -2.50. The number of halogens is 2. The largest absolute Gasteiger partial charge is 0.458 e. The molecule has 0 spiro atoms. The molecule has 9 heteroatoms. The summed E-state index contributed by atoms with van der Waals surface area (Å²) in [7, 11) is 0. The van der Waals surface area contributed by atoms with E-state index >= 15 is 0 Å². The van der Waals surface area contributed by atoms with Gasteiger partial charge in [0, 0.05) is 21.4 Å². The second kappa shape index (κ2) is 11.7. The molecule has 2 N–H and O–H groups in total. The van der Waals surface area contributed by atoms with Crippen molar-refractivity contribution in [2.24, 2.45) is 0 Å². The van der Waals surface area contributed by atoms with Gasteiger partial charge in [-0.2, -0.15) is 5.26 Å². The highest BCUT2D eigenvalue weighted by molar-refractivity contribution is 9.10. The number of ether oxygens (including phenoxy) is 1. The highest BCUT2D eigenvalue weighted by Crippen LogP contribution is 2.41. The number of rotatable bonds is 8. The van der Waals surface area contributed by atoms with Crippen molar-refractivity contribution in [2.45, 2.75) is 12.8 Å². The lowest BCUT2D eigenvalue weighted by Crippen LogP contribution is -2.30. The number of thioether (sulfide) groups is 1. The van der Waals surface area contributed by atoms with Gasteiger partial charge in [-0.1, -0.05) is 58.5 Å². The maximum atomic E-state index is 14.8. The van der Waals surface area contributed by atoms with Gasteiger partial charge in [0.2, 0.25) is 5.91 Å². The Hall–Kier alpha value is -3.35. The number of esters is 1. The number of nitrogens with zero attached hydrogens (tertiary/aromatic N) is 1. The number of hydrogen-bond acceptors (Lipinski definition) is 6. The predicted molar refractivity (Wildman–Crippen MR) is 134 cm³/mol. The summed E-state index contributed by atoms with van der Waals surface area (Å²) >= 11 is 4.44. The van der Waals surface area contributed by atoms with E-state index in [0.717, 1.165) is 16.2 Å². The molecule has 0 aliphatic carbocycles. The monoisotopic (exact) mass is 541 g/mol. The van der Waals surface area contributed by atoms with Gasteiger partial charge < -0.3 is 15.4 Å². The zero-order valence-electron chi connectivity index (χ0n) is 18.2. The van der Waals surface area contributed by atoms with Crippen LogP contribution in [0.25, 0.3) is 0 Å². The number of hydrogen-bond donors (Lipinski definition) is 2.